The van der Waals surface area contributed by atoms with Crippen molar-refractivity contribution in [3.63, 3.8) is 0 Å². The largest absolute Gasteiger partial charge is 0.376 e. The van der Waals surface area contributed by atoms with Crippen molar-refractivity contribution in [3.05, 3.63) is 18.0 Å². The standard InChI is InChI=1S/C19H30N4O3/c1-21-9-15(8-20-21)10-22-11-17-16(13-26-18(17)12-22)4-7-25-14-19(24)23-5-2-3-6-23/h8-9,16-18H,2-7,10-14H2,1H3/t16-,17-,18-/m0/s1. The Kier molecular flexibility index (Phi) is 5.57. The lowest BCUT2D eigenvalue weighted by Gasteiger charge is -2.19. The first-order valence-electron chi connectivity index (χ1n) is 9.86. The summed E-state index contributed by atoms with van der Waals surface area (Å²) in [6.07, 6.45) is 7.61. The summed E-state index contributed by atoms with van der Waals surface area (Å²) in [5.41, 5.74) is 1.26. The van der Waals surface area contributed by atoms with E-state index in [0.29, 0.717) is 24.5 Å². The Morgan fingerprint density at radius 3 is 2.96 bits per heavy atom. The molecule has 4 heterocycles. The number of ether oxygens (including phenoxy) is 2. The van der Waals surface area contributed by atoms with Gasteiger partial charge in [0.1, 0.15) is 6.61 Å². The molecule has 7 heteroatoms. The summed E-state index contributed by atoms with van der Waals surface area (Å²) >= 11 is 0. The van der Waals surface area contributed by atoms with Crippen molar-refractivity contribution >= 4 is 5.91 Å². The number of nitrogens with zero attached hydrogens (tertiary/aromatic N) is 4. The first-order chi connectivity index (χ1) is 12.7. The highest BCUT2D eigenvalue weighted by molar-refractivity contribution is 5.77. The molecule has 3 saturated heterocycles. The van der Waals surface area contributed by atoms with Crippen LogP contribution >= 0.6 is 0 Å². The fourth-order valence-corrected chi connectivity index (χ4v) is 4.57. The molecule has 144 valence electrons. The molecular formula is C19H30N4O3. The maximum atomic E-state index is 12.0. The van der Waals surface area contributed by atoms with Crippen LogP contribution in [0.2, 0.25) is 0 Å². The van der Waals surface area contributed by atoms with Crippen molar-refractivity contribution in [2.75, 3.05) is 46.0 Å². The van der Waals surface area contributed by atoms with Crippen LogP contribution in [0.25, 0.3) is 0 Å². The van der Waals surface area contributed by atoms with Crippen LogP contribution in [-0.4, -0.2) is 77.6 Å². The fraction of sp³-hybridized carbons (Fsp3) is 0.789. The molecule has 1 aromatic rings. The number of fused-ring (bicyclic) bond motifs is 1. The third-order valence-electron chi connectivity index (χ3n) is 6.00. The molecular weight excluding hydrogens is 332 g/mol. The molecule has 0 N–H and O–H groups in total. The van der Waals surface area contributed by atoms with Gasteiger partial charge >= 0.3 is 0 Å². The Hall–Kier alpha value is -1.44. The maximum Gasteiger partial charge on any atom is 0.248 e. The van der Waals surface area contributed by atoms with Gasteiger partial charge < -0.3 is 14.4 Å². The van der Waals surface area contributed by atoms with E-state index in [1.807, 2.05) is 22.8 Å². The number of rotatable bonds is 7. The van der Waals surface area contributed by atoms with Crippen LogP contribution in [0.4, 0.5) is 0 Å². The highest BCUT2D eigenvalue weighted by Crippen LogP contribution is 2.36. The number of carbonyl (C=O) groups excluding carboxylic acids is 1. The van der Waals surface area contributed by atoms with E-state index in [2.05, 4.69) is 16.2 Å². The molecule has 0 radical (unpaired) electrons. The highest BCUT2D eigenvalue weighted by Gasteiger charge is 2.43. The Bertz CT molecular complexity index is 614. The highest BCUT2D eigenvalue weighted by atomic mass is 16.5. The van der Waals surface area contributed by atoms with E-state index in [9.17, 15) is 4.79 Å². The van der Waals surface area contributed by atoms with Gasteiger partial charge in [-0.3, -0.25) is 14.4 Å². The van der Waals surface area contributed by atoms with Crippen molar-refractivity contribution in [1.82, 2.24) is 19.6 Å². The SMILES string of the molecule is Cn1cc(CN2C[C@H]3[C@@H](CCOCC(=O)N4CCCC4)CO[C@H]3C2)cn1. The van der Waals surface area contributed by atoms with Gasteiger partial charge in [-0.1, -0.05) is 0 Å². The summed E-state index contributed by atoms with van der Waals surface area (Å²) < 4.78 is 13.6. The smallest absolute Gasteiger partial charge is 0.248 e. The molecule has 1 amide bonds. The summed E-state index contributed by atoms with van der Waals surface area (Å²) in [6.45, 7) is 6.54. The van der Waals surface area contributed by atoms with Gasteiger partial charge in [0.25, 0.3) is 0 Å². The summed E-state index contributed by atoms with van der Waals surface area (Å²) in [5, 5.41) is 4.25. The molecule has 3 aliphatic heterocycles. The van der Waals surface area contributed by atoms with Crippen molar-refractivity contribution in [3.8, 4) is 0 Å². The Balaban J connectivity index is 1.18. The van der Waals surface area contributed by atoms with Gasteiger partial charge in [-0.25, -0.2) is 0 Å². The van der Waals surface area contributed by atoms with Gasteiger partial charge in [0.2, 0.25) is 5.91 Å². The topological polar surface area (TPSA) is 59.8 Å². The molecule has 0 bridgehead atoms. The van der Waals surface area contributed by atoms with E-state index < -0.39 is 0 Å². The van der Waals surface area contributed by atoms with Crippen LogP contribution < -0.4 is 0 Å². The zero-order chi connectivity index (χ0) is 17.9. The monoisotopic (exact) mass is 362 g/mol. The van der Waals surface area contributed by atoms with Crippen LogP contribution in [0, 0.1) is 11.8 Å². The third-order valence-corrected chi connectivity index (χ3v) is 6.00. The minimum absolute atomic E-state index is 0.145. The van der Waals surface area contributed by atoms with E-state index in [-0.39, 0.29) is 12.5 Å². The molecule has 0 aliphatic carbocycles. The van der Waals surface area contributed by atoms with E-state index in [4.69, 9.17) is 9.47 Å². The average Bonchev–Trinajstić information content (AvgIpc) is 3.37. The van der Waals surface area contributed by atoms with E-state index in [1.165, 1.54) is 5.56 Å². The lowest BCUT2D eigenvalue weighted by Crippen LogP contribution is -2.31. The second-order valence-electron chi connectivity index (χ2n) is 7.94. The van der Waals surface area contributed by atoms with Crippen LogP contribution in [-0.2, 0) is 27.9 Å². The van der Waals surface area contributed by atoms with Crippen molar-refractivity contribution < 1.29 is 14.3 Å². The number of aromatic nitrogens is 2. The van der Waals surface area contributed by atoms with Gasteiger partial charge in [0.05, 0.1) is 18.9 Å². The van der Waals surface area contributed by atoms with Crippen molar-refractivity contribution in [2.24, 2.45) is 18.9 Å². The minimum Gasteiger partial charge on any atom is -0.376 e. The first-order valence-corrected chi connectivity index (χ1v) is 9.86. The molecule has 0 aromatic carbocycles. The third kappa shape index (κ3) is 4.10. The molecule has 3 atom stereocenters. The fourth-order valence-electron chi connectivity index (χ4n) is 4.57. The zero-order valence-corrected chi connectivity index (χ0v) is 15.7. The summed E-state index contributed by atoms with van der Waals surface area (Å²) in [5.74, 6) is 1.27. The predicted molar refractivity (Wildman–Crippen MR) is 96.5 cm³/mol. The number of aryl methyl sites for hydroxylation is 1. The second kappa shape index (κ2) is 8.06. The Morgan fingerprint density at radius 2 is 2.19 bits per heavy atom. The van der Waals surface area contributed by atoms with Crippen molar-refractivity contribution in [1.29, 1.82) is 0 Å². The summed E-state index contributed by atoms with van der Waals surface area (Å²) in [4.78, 5) is 16.4. The Morgan fingerprint density at radius 1 is 1.35 bits per heavy atom. The molecule has 0 saturated carbocycles. The quantitative estimate of drug-likeness (QED) is 0.675. The molecule has 7 nitrogen and oxygen atoms in total. The first kappa shape index (κ1) is 17.9. The zero-order valence-electron chi connectivity index (χ0n) is 15.7. The average molecular weight is 362 g/mol. The summed E-state index contributed by atoms with van der Waals surface area (Å²) in [6, 6.07) is 0. The van der Waals surface area contributed by atoms with Crippen LogP contribution in [0.3, 0.4) is 0 Å². The predicted octanol–water partition coefficient (Wildman–Crippen LogP) is 0.896. The lowest BCUT2D eigenvalue weighted by molar-refractivity contribution is -0.135. The number of hydrogen-bond donors (Lipinski definition) is 0. The number of hydrogen-bond acceptors (Lipinski definition) is 5. The van der Waals surface area contributed by atoms with Crippen LogP contribution in [0.1, 0.15) is 24.8 Å². The van der Waals surface area contributed by atoms with E-state index in [0.717, 1.165) is 58.6 Å². The lowest BCUT2D eigenvalue weighted by atomic mass is 9.91. The minimum atomic E-state index is 0.145. The number of likely N-dealkylation sites (tertiary alicyclic amines) is 2. The molecule has 0 unspecified atom stereocenters. The molecule has 0 spiro atoms. The van der Waals surface area contributed by atoms with Gasteiger partial charge in [0.15, 0.2) is 0 Å². The Labute approximate surface area is 155 Å². The van der Waals surface area contributed by atoms with E-state index >= 15 is 0 Å². The van der Waals surface area contributed by atoms with Crippen LogP contribution in [0.5, 0.6) is 0 Å². The van der Waals surface area contributed by atoms with Crippen LogP contribution in [0.15, 0.2) is 12.4 Å². The normalized spacial score (nSPS) is 28.8. The number of amides is 1. The van der Waals surface area contributed by atoms with Gasteiger partial charge in [-0.05, 0) is 25.2 Å². The molecule has 26 heavy (non-hydrogen) atoms. The van der Waals surface area contributed by atoms with Gasteiger partial charge in [0, 0.05) is 64.1 Å². The summed E-state index contributed by atoms with van der Waals surface area (Å²) in [7, 11) is 1.95. The molecule has 1 aromatic heterocycles. The van der Waals surface area contributed by atoms with Crippen molar-refractivity contribution in [2.45, 2.75) is 31.9 Å². The second-order valence-corrected chi connectivity index (χ2v) is 7.94. The van der Waals surface area contributed by atoms with Gasteiger partial charge in [-0.2, -0.15) is 5.10 Å². The molecule has 3 fully saturated rings. The van der Waals surface area contributed by atoms with E-state index in [1.54, 1.807) is 0 Å². The van der Waals surface area contributed by atoms with Gasteiger partial charge in [-0.15, -0.1) is 0 Å². The molecule has 3 aliphatic rings. The number of carbonyl (C=O) groups is 1. The maximum absolute atomic E-state index is 12.0. The molecule has 4 rings (SSSR count).